The first kappa shape index (κ1) is 19.1. The predicted octanol–water partition coefficient (Wildman–Crippen LogP) is 6.41. The molecule has 144 valence electrons. The zero-order valence-electron chi connectivity index (χ0n) is 16.4. The number of benzene rings is 3. The number of rotatable bonds is 8. The summed E-state index contributed by atoms with van der Waals surface area (Å²) in [5.41, 5.74) is 4.70. The maximum atomic E-state index is 6.46. The molecule has 0 aliphatic heterocycles. The van der Waals surface area contributed by atoms with E-state index in [9.17, 15) is 0 Å². The summed E-state index contributed by atoms with van der Waals surface area (Å²) in [5.74, 6) is 0.213. The fourth-order valence-electron chi connectivity index (χ4n) is 3.70. The molecule has 0 fully saturated rings. The van der Waals surface area contributed by atoms with E-state index >= 15 is 0 Å². The standard InChI is InChI=1S/C27H25NO/c1-4-12-22(13-5-1)25(26-18-10-11-20-28-26)19-21-29-27(23-14-6-2-7-15-23)24-16-8-3-9-17-24/h1-18,20,25,27H,19,21H2. The van der Waals surface area contributed by atoms with Gasteiger partial charge in [-0.3, -0.25) is 4.98 Å². The molecule has 3 aromatic carbocycles. The van der Waals surface area contributed by atoms with Crippen molar-refractivity contribution in [1.29, 1.82) is 0 Å². The molecule has 4 aromatic rings. The quantitative estimate of drug-likeness (QED) is 0.353. The van der Waals surface area contributed by atoms with E-state index in [1.807, 2.05) is 24.4 Å². The van der Waals surface area contributed by atoms with Crippen LogP contribution in [0.1, 0.15) is 40.8 Å². The number of hydrogen-bond donors (Lipinski definition) is 0. The Kier molecular flexibility index (Phi) is 6.46. The van der Waals surface area contributed by atoms with E-state index in [-0.39, 0.29) is 12.0 Å². The first-order chi connectivity index (χ1) is 14.4. The molecule has 0 aliphatic carbocycles. The largest absolute Gasteiger partial charge is 0.369 e. The molecule has 0 N–H and O–H groups in total. The Morgan fingerprint density at radius 2 is 1.10 bits per heavy atom. The molecule has 1 atom stereocenters. The zero-order chi connectivity index (χ0) is 19.7. The van der Waals surface area contributed by atoms with Crippen LogP contribution in [-0.2, 0) is 4.74 Å². The highest BCUT2D eigenvalue weighted by Crippen LogP contribution is 2.30. The molecular formula is C27H25NO. The van der Waals surface area contributed by atoms with E-state index in [4.69, 9.17) is 4.74 Å². The van der Waals surface area contributed by atoms with E-state index in [1.54, 1.807) is 0 Å². The summed E-state index contributed by atoms with van der Waals surface area (Å²) >= 11 is 0. The van der Waals surface area contributed by atoms with Crippen molar-refractivity contribution in [3.8, 4) is 0 Å². The molecule has 29 heavy (non-hydrogen) atoms. The fraction of sp³-hybridized carbons (Fsp3) is 0.148. The van der Waals surface area contributed by atoms with Crippen molar-refractivity contribution in [3.63, 3.8) is 0 Å². The number of aromatic nitrogens is 1. The number of hydrogen-bond acceptors (Lipinski definition) is 2. The molecule has 4 rings (SSSR count). The van der Waals surface area contributed by atoms with Gasteiger partial charge >= 0.3 is 0 Å². The lowest BCUT2D eigenvalue weighted by Gasteiger charge is -2.22. The third-order valence-corrected chi connectivity index (χ3v) is 5.14. The van der Waals surface area contributed by atoms with Crippen LogP contribution in [0.25, 0.3) is 0 Å². The van der Waals surface area contributed by atoms with Crippen LogP contribution in [0.4, 0.5) is 0 Å². The molecule has 0 bridgehead atoms. The van der Waals surface area contributed by atoms with Gasteiger partial charge in [-0.05, 0) is 35.2 Å². The Hall–Kier alpha value is -3.23. The molecule has 0 amide bonds. The monoisotopic (exact) mass is 379 g/mol. The van der Waals surface area contributed by atoms with Crippen LogP contribution < -0.4 is 0 Å². The molecule has 0 saturated carbocycles. The first-order valence-corrected chi connectivity index (χ1v) is 10.1. The summed E-state index contributed by atoms with van der Waals surface area (Å²) < 4.78 is 6.46. The van der Waals surface area contributed by atoms with Crippen molar-refractivity contribution >= 4 is 0 Å². The van der Waals surface area contributed by atoms with E-state index in [1.165, 1.54) is 16.7 Å². The highest BCUT2D eigenvalue weighted by molar-refractivity contribution is 5.30. The van der Waals surface area contributed by atoms with Gasteiger partial charge in [-0.25, -0.2) is 0 Å². The van der Waals surface area contributed by atoms with Crippen molar-refractivity contribution in [2.45, 2.75) is 18.4 Å². The summed E-state index contributed by atoms with van der Waals surface area (Å²) in [4.78, 5) is 4.61. The summed E-state index contributed by atoms with van der Waals surface area (Å²) in [7, 11) is 0. The number of pyridine rings is 1. The minimum absolute atomic E-state index is 0.0717. The molecule has 0 spiro atoms. The van der Waals surface area contributed by atoms with Crippen LogP contribution >= 0.6 is 0 Å². The van der Waals surface area contributed by atoms with Crippen molar-refractivity contribution in [2.75, 3.05) is 6.61 Å². The van der Waals surface area contributed by atoms with E-state index in [0.717, 1.165) is 12.1 Å². The molecule has 0 radical (unpaired) electrons. The average Bonchev–Trinajstić information content (AvgIpc) is 2.81. The highest BCUT2D eigenvalue weighted by atomic mass is 16.5. The molecular weight excluding hydrogens is 354 g/mol. The zero-order valence-corrected chi connectivity index (χ0v) is 16.4. The van der Waals surface area contributed by atoms with Crippen molar-refractivity contribution in [1.82, 2.24) is 4.98 Å². The SMILES string of the molecule is c1ccc(C(CCOC(c2ccccc2)c2ccccc2)c2ccccn2)cc1. The molecule has 1 aromatic heterocycles. The third kappa shape index (κ3) is 4.98. The molecule has 1 unspecified atom stereocenters. The van der Waals surface area contributed by atoms with Gasteiger partial charge in [0.1, 0.15) is 6.10 Å². The van der Waals surface area contributed by atoms with Gasteiger partial charge in [0, 0.05) is 24.4 Å². The first-order valence-electron chi connectivity index (χ1n) is 10.1. The van der Waals surface area contributed by atoms with Gasteiger partial charge in [-0.15, -0.1) is 0 Å². The molecule has 0 saturated heterocycles. The Morgan fingerprint density at radius 3 is 1.62 bits per heavy atom. The molecule has 1 heterocycles. The minimum atomic E-state index is -0.0717. The Balaban J connectivity index is 1.53. The van der Waals surface area contributed by atoms with Gasteiger partial charge in [0.2, 0.25) is 0 Å². The third-order valence-electron chi connectivity index (χ3n) is 5.14. The maximum Gasteiger partial charge on any atom is 0.108 e. The lowest BCUT2D eigenvalue weighted by molar-refractivity contribution is 0.0760. The van der Waals surface area contributed by atoms with E-state index < -0.39 is 0 Å². The van der Waals surface area contributed by atoms with E-state index in [0.29, 0.717) is 6.61 Å². The average molecular weight is 380 g/mol. The van der Waals surface area contributed by atoms with Crippen LogP contribution in [0.3, 0.4) is 0 Å². The molecule has 2 heteroatoms. The lowest BCUT2D eigenvalue weighted by Crippen LogP contribution is -2.11. The van der Waals surface area contributed by atoms with Crippen LogP contribution in [0.15, 0.2) is 115 Å². The van der Waals surface area contributed by atoms with Gasteiger partial charge in [-0.1, -0.05) is 97.1 Å². The Bertz CT molecular complexity index is 810. The topological polar surface area (TPSA) is 22.1 Å². The normalized spacial score (nSPS) is 12.0. The fourth-order valence-corrected chi connectivity index (χ4v) is 3.70. The maximum absolute atomic E-state index is 6.46. The Morgan fingerprint density at radius 1 is 0.586 bits per heavy atom. The van der Waals surface area contributed by atoms with Gasteiger partial charge in [0.25, 0.3) is 0 Å². The minimum Gasteiger partial charge on any atom is -0.369 e. The van der Waals surface area contributed by atoms with Crippen LogP contribution in [0, 0.1) is 0 Å². The highest BCUT2D eigenvalue weighted by Gasteiger charge is 2.18. The second-order valence-electron chi connectivity index (χ2n) is 7.08. The summed E-state index contributed by atoms with van der Waals surface area (Å²) in [6.45, 7) is 0.643. The van der Waals surface area contributed by atoms with Crippen molar-refractivity contribution in [2.24, 2.45) is 0 Å². The van der Waals surface area contributed by atoms with Gasteiger partial charge < -0.3 is 4.74 Å². The summed E-state index contributed by atoms with van der Waals surface area (Å²) in [6, 6.07) is 37.5. The Labute approximate surface area is 172 Å². The second-order valence-corrected chi connectivity index (χ2v) is 7.08. The second kappa shape index (κ2) is 9.81. The van der Waals surface area contributed by atoms with E-state index in [2.05, 4.69) is 96.0 Å². The predicted molar refractivity (Wildman–Crippen MR) is 118 cm³/mol. The van der Waals surface area contributed by atoms with Gasteiger partial charge in [0.05, 0.1) is 0 Å². The van der Waals surface area contributed by atoms with Crippen molar-refractivity contribution < 1.29 is 4.74 Å². The van der Waals surface area contributed by atoms with Crippen LogP contribution in [0.2, 0.25) is 0 Å². The summed E-state index contributed by atoms with van der Waals surface area (Å²) in [5, 5.41) is 0. The van der Waals surface area contributed by atoms with Crippen LogP contribution in [-0.4, -0.2) is 11.6 Å². The summed E-state index contributed by atoms with van der Waals surface area (Å²) in [6.07, 6.45) is 2.66. The van der Waals surface area contributed by atoms with Gasteiger partial charge in [-0.2, -0.15) is 0 Å². The number of ether oxygens (including phenoxy) is 1. The lowest BCUT2D eigenvalue weighted by atomic mass is 9.92. The number of nitrogens with zero attached hydrogens (tertiary/aromatic N) is 1. The van der Waals surface area contributed by atoms with Crippen molar-refractivity contribution in [3.05, 3.63) is 138 Å². The van der Waals surface area contributed by atoms with Gasteiger partial charge in [0.15, 0.2) is 0 Å². The van der Waals surface area contributed by atoms with Crippen LogP contribution in [0.5, 0.6) is 0 Å². The smallest absolute Gasteiger partial charge is 0.108 e. The molecule has 0 aliphatic rings. The molecule has 2 nitrogen and oxygen atoms in total.